The zero-order valence-corrected chi connectivity index (χ0v) is 8.81. The summed E-state index contributed by atoms with van der Waals surface area (Å²) in [6.07, 6.45) is -0.326. The second-order valence-electron chi connectivity index (χ2n) is 3.37. The Kier molecular flexibility index (Phi) is 2.57. The minimum absolute atomic E-state index is 0.404. The molecule has 6 heteroatoms. The van der Waals surface area contributed by atoms with Gasteiger partial charge in [-0.3, -0.25) is 0 Å². The Morgan fingerprint density at radius 1 is 1.33 bits per heavy atom. The third-order valence-corrected chi connectivity index (χ3v) is 2.83. The third-order valence-electron chi connectivity index (χ3n) is 2.41. The van der Waals surface area contributed by atoms with E-state index in [0.29, 0.717) is 6.42 Å². The van der Waals surface area contributed by atoms with Crippen LogP contribution >= 0.6 is 0 Å². The molecule has 1 atom stereocenters. The Bertz CT molecular complexity index is 365. The Balaban J connectivity index is 2.17. The van der Waals surface area contributed by atoms with Gasteiger partial charge in [-0.1, -0.05) is 18.2 Å². The number of fused-ring (bicyclic) bond motifs is 1. The first-order chi connectivity index (χ1) is 6.97. The van der Waals surface area contributed by atoms with Gasteiger partial charge in [-0.05, 0) is 11.6 Å². The maximum Gasteiger partial charge on any atom is 0.291 e. The van der Waals surface area contributed by atoms with E-state index in [-0.39, 0.29) is 0 Å². The van der Waals surface area contributed by atoms with Crippen molar-refractivity contribution in [2.75, 3.05) is 11.9 Å². The molecule has 1 unspecified atom stereocenters. The molecule has 1 aromatic carbocycles. The summed E-state index contributed by atoms with van der Waals surface area (Å²) in [7, 11) is -2.69. The van der Waals surface area contributed by atoms with Crippen LogP contribution in [0.25, 0.3) is 0 Å². The van der Waals surface area contributed by atoms with Gasteiger partial charge in [-0.15, -0.1) is 0 Å². The molecule has 0 spiro atoms. The van der Waals surface area contributed by atoms with Crippen LogP contribution in [0.1, 0.15) is 5.56 Å². The lowest BCUT2D eigenvalue weighted by molar-refractivity contribution is -1.92. The van der Waals surface area contributed by atoms with Crippen molar-refractivity contribution >= 4 is 5.69 Å². The number of hydrogen-bond donors (Lipinski definition) is 0. The van der Waals surface area contributed by atoms with Gasteiger partial charge in [-0.25, -0.2) is 0 Å². The van der Waals surface area contributed by atoms with Crippen LogP contribution in [0.2, 0.25) is 0 Å². The molecule has 0 aliphatic carbocycles. The summed E-state index contributed by atoms with van der Waals surface area (Å²) in [6, 6.07) is 7.44. The molecule has 0 radical (unpaired) electrons. The topological polar surface area (TPSA) is 81.7 Å². The van der Waals surface area contributed by atoms with Gasteiger partial charge >= 0.3 is 0 Å². The van der Waals surface area contributed by atoms with E-state index >= 15 is 0 Å². The second kappa shape index (κ2) is 3.62. The maximum absolute atomic E-state index is 10.5. The molecule has 1 aliphatic heterocycles. The lowest BCUT2D eigenvalue weighted by atomic mass is 10.2. The van der Waals surface area contributed by atoms with Crippen molar-refractivity contribution in [2.45, 2.75) is 12.6 Å². The zero-order chi connectivity index (χ0) is 11.1. The zero-order valence-electron chi connectivity index (χ0n) is 8.05. The van der Waals surface area contributed by atoms with Gasteiger partial charge in [0.05, 0.1) is 14.5 Å². The summed E-state index contributed by atoms with van der Waals surface area (Å²) in [5.74, 6) is 0. The van der Waals surface area contributed by atoms with Gasteiger partial charge in [0.2, 0.25) is 0 Å². The average Bonchev–Trinajstić information content (AvgIpc) is 2.42. The maximum atomic E-state index is 10.5. The predicted octanol–water partition coefficient (Wildman–Crippen LogP) is -2.08. The minimum atomic E-state index is -4.38. The molecule has 0 fully saturated rings. The van der Waals surface area contributed by atoms with Crippen molar-refractivity contribution in [2.24, 2.45) is 0 Å². The number of benzene rings is 1. The van der Waals surface area contributed by atoms with Crippen molar-refractivity contribution in [3.63, 3.8) is 0 Å². The van der Waals surface area contributed by atoms with E-state index in [1.807, 2.05) is 24.3 Å². The molecular weight excluding hydrogens is 222 g/mol. The molecule has 5 nitrogen and oxygen atoms in total. The van der Waals surface area contributed by atoms with Crippen LogP contribution in [-0.2, 0) is 10.7 Å². The fourth-order valence-electron chi connectivity index (χ4n) is 1.72. The van der Waals surface area contributed by atoms with E-state index in [2.05, 4.69) is 4.29 Å². The molecule has 0 saturated heterocycles. The quantitative estimate of drug-likeness (QED) is 0.584. The average molecular weight is 232 g/mol. The lowest BCUT2D eigenvalue weighted by Gasteiger charge is -2.21. The molecule has 0 amide bonds. The first kappa shape index (κ1) is 10.7. The van der Waals surface area contributed by atoms with E-state index in [0.717, 1.165) is 11.3 Å². The third kappa shape index (κ3) is 2.22. The van der Waals surface area contributed by atoms with Crippen molar-refractivity contribution in [3.05, 3.63) is 29.8 Å². The molecule has 0 N–H and O–H groups in total. The Morgan fingerprint density at radius 3 is 2.60 bits per heavy atom. The number of para-hydroxylation sites is 1. The monoisotopic (exact) mass is 231 g/mol. The van der Waals surface area contributed by atoms with Crippen LogP contribution in [-0.4, -0.2) is 13.3 Å². The molecule has 15 heavy (non-hydrogen) atoms. The van der Waals surface area contributed by atoms with E-state index in [1.54, 1.807) is 11.9 Å². The number of anilines is 1. The fourth-order valence-corrected chi connectivity index (χ4v) is 2.16. The summed E-state index contributed by atoms with van der Waals surface area (Å²) in [5.41, 5.74) is 1.87. The summed E-state index contributed by atoms with van der Waals surface area (Å²) < 4.78 is 35.8. The molecule has 1 heterocycles. The van der Waals surface area contributed by atoms with Gasteiger partial charge in [0, 0.05) is 19.2 Å². The van der Waals surface area contributed by atoms with Gasteiger partial charge < -0.3 is 4.90 Å². The van der Waals surface area contributed by atoms with Gasteiger partial charge in [0.1, 0.15) is 0 Å². The van der Waals surface area contributed by atoms with Gasteiger partial charge in [-0.2, -0.15) is 14.0 Å². The highest BCUT2D eigenvalue weighted by Crippen LogP contribution is 2.31. The van der Waals surface area contributed by atoms with Crippen LogP contribution < -0.4 is 18.9 Å². The minimum Gasteiger partial charge on any atom is -0.335 e. The molecule has 1 aromatic rings. The summed E-state index contributed by atoms with van der Waals surface area (Å²) >= 11 is 0. The van der Waals surface area contributed by atoms with Crippen molar-refractivity contribution < 1.29 is 28.5 Å². The molecule has 0 aromatic heterocycles. The number of likely N-dealkylation sites (N-methyl/N-ethyl adjacent to an activating group) is 1. The molecule has 2 rings (SSSR count). The summed E-state index contributed by atoms with van der Waals surface area (Å²) in [4.78, 5) is 1.64. The van der Waals surface area contributed by atoms with Gasteiger partial charge in [0.25, 0.3) is 6.23 Å². The van der Waals surface area contributed by atoms with E-state index in [9.17, 15) is 14.0 Å². The van der Waals surface area contributed by atoms with Crippen LogP contribution in [0.3, 0.4) is 0 Å². The summed E-state index contributed by atoms with van der Waals surface area (Å²) in [5, 5.41) is 0. The number of rotatable bonds is 2. The fraction of sp³-hybridized carbons (Fsp3) is 0.333. The molecular formula is C9H10ClNO4. The molecule has 1 aliphatic rings. The van der Waals surface area contributed by atoms with E-state index in [4.69, 9.17) is 0 Å². The van der Waals surface area contributed by atoms with Crippen molar-refractivity contribution in [1.29, 1.82) is 0 Å². The van der Waals surface area contributed by atoms with E-state index < -0.39 is 16.5 Å². The van der Waals surface area contributed by atoms with Crippen LogP contribution in [0, 0.1) is 10.2 Å². The molecule has 82 valence electrons. The molecule has 0 saturated carbocycles. The molecule has 0 bridgehead atoms. The predicted molar refractivity (Wildman–Crippen MR) is 43.4 cm³/mol. The first-order valence-electron chi connectivity index (χ1n) is 4.37. The highest BCUT2D eigenvalue weighted by Gasteiger charge is 2.38. The largest absolute Gasteiger partial charge is 0.335 e. The van der Waals surface area contributed by atoms with E-state index in [1.165, 1.54) is 0 Å². The normalized spacial score (nSPS) is 20.5. The smallest absolute Gasteiger partial charge is 0.291 e. The lowest BCUT2D eigenvalue weighted by Crippen LogP contribution is -2.63. The Morgan fingerprint density at radius 2 is 2.00 bits per heavy atom. The summed E-state index contributed by atoms with van der Waals surface area (Å²) in [6.45, 7) is 0. The second-order valence-corrected chi connectivity index (χ2v) is 4.30. The van der Waals surface area contributed by atoms with Gasteiger partial charge in [0.15, 0.2) is 0 Å². The highest BCUT2D eigenvalue weighted by atomic mass is 35.7. The standard InChI is InChI=1S/C9H10ClNO4/c1-11-8-5-3-2-4-7(8)6-9(11)15-10(12,13)14/h2-5,9H,6H2,1H3. The van der Waals surface area contributed by atoms with Crippen LogP contribution in [0.4, 0.5) is 5.69 Å². The van der Waals surface area contributed by atoms with Crippen LogP contribution in [0.5, 0.6) is 0 Å². The number of halogens is 1. The van der Waals surface area contributed by atoms with Crippen LogP contribution in [0.15, 0.2) is 24.3 Å². The number of hydrogen-bond acceptors (Lipinski definition) is 5. The number of nitrogens with zero attached hydrogens (tertiary/aromatic N) is 1. The first-order valence-corrected chi connectivity index (χ1v) is 5.61. The highest BCUT2D eigenvalue weighted by molar-refractivity contribution is 5.57. The van der Waals surface area contributed by atoms with Crippen molar-refractivity contribution in [1.82, 2.24) is 0 Å². The van der Waals surface area contributed by atoms with Crippen molar-refractivity contribution in [3.8, 4) is 0 Å². The Hall–Kier alpha value is -0.850. The Labute approximate surface area is 89.2 Å². The SMILES string of the molecule is CN1c2ccccc2CC1O[Cl+3]([O-])([O-])[O-].